The minimum atomic E-state index is -0.103. The van der Waals surface area contributed by atoms with E-state index in [1.54, 1.807) is 0 Å². The minimum Gasteiger partial charge on any atom is -0.449 e. The summed E-state index contributed by atoms with van der Waals surface area (Å²) in [5.41, 5.74) is 0. The maximum absolute atomic E-state index is 10.8. The molecule has 0 aromatic carbocycles. The first-order chi connectivity index (χ1) is 4.70. The molecule has 1 saturated heterocycles. The van der Waals surface area contributed by atoms with Crippen molar-refractivity contribution < 1.29 is 9.53 Å². The topological polar surface area (TPSA) is 38.3 Å². The molecular formula is C7H13NO2. The van der Waals surface area contributed by atoms with Crippen LogP contribution in [0.3, 0.4) is 0 Å². The highest BCUT2D eigenvalue weighted by Gasteiger charge is 2.25. The molecule has 0 spiro atoms. The highest BCUT2D eigenvalue weighted by Crippen LogP contribution is 2.09. The summed E-state index contributed by atoms with van der Waals surface area (Å²) < 4.78 is 4.72. The second-order valence-electron chi connectivity index (χ2n) is 2.99. The van der Waals surface area contributed by atoms with Gasteiger partial charge in [-0.3, -0.25) is 10.1 Å². The number of esters is 1. The molecule has 0 amide bonds. The quantitative estimate of drug-likeness (QED) is 0.572. The van der Waals surface area contributed by atoms with Crippen LogP contribution in [0.4, 0.5) is 0 Å². The number of hydrogen-bond donors (Lipinski definition) is 1. The van der Waals surface area contributed by atoms with Gasteiger partial charge in [0.05, 0.1) is 0 Å². The van der Waals surface area contributed by atoms with E-state index < -0.39 is 0 Å². The molecule has 10 heavy (non-hydrogen) atoms. The van der Waals surface area contributed by atoms with Gasteiger partial charge in [-0.15, -0.1) is 0 Å². The van der Waals surface area contributed by atoms with Gasteiger partial charge in [-0.2, -0.15) is 0 Å². The number of carbonyl (C=O) groups is 1. The van der Waals surface area contributed by atoms with Gasteiger partial charge in [0.15, 0.2) is 0 Å². The van der Waals surface area contributed by atoms with Crippen LogP contribution in [-0.2, 0) is 9.53 Å². The van der Waals surface area contributed by atoms with E-state index in [1.807, 2.05) is 0 Å². The summed E-state index contributed by atoms with van der Waals surface area (Å²) in [5.74, 6) is 0.442. The summed E-state index contributed by atoms with van der Waals surface area (Å²) in [6.07, 6.45) is 0.874. The standard InChI is InChI=1S/C7H13NO2/c1-5(2)3-6-7(9)10-4-8-6/h5-6,8H,3-4H2,1-2H3. The smallest absolute Gasteiger partial charge is 0.324 e. The summed E-state index contributed by atoms with van der Waals surface area (Å²) in [6, 6.07) is -0.0556. The SMILES string of the molecule is CC(C)CC1NCOC1=O. The Morgan fingerprint density at radius 1 is 1.80 bits per heavy atom. The molecule has 58 valence electrons. The molecule has 1 aliphatic rings. The fourth-order valence-electron chi connectivity index (χ4n) is 1.05. The first-order valence-corrected chi connectivity index (χ1v) is 3.60. The third-order valence-electron chi connectivity index (χ3n) is 1.54. The zero-order chi connectivity index (χ0) is 7.56. The predicted molar refractivity (Wildman–Crippen MR) is 37.3 cm³/mol. The predicted octanol–water partition coefficient (Wildman–Crippen LogP) is 0.505. The van der Waals surface area contributed by atoms with E-state index >= 15 is 0 Å². The van der Waals surface area contributed by atoms with Crippen molar-refractivity contribution in [2.75, 3.05) is 6.73 Å². The zero-order valence-corrected chi connectivity index (χ0v) is 6.39. The van der Waals surface area contributed by atoms with E-state index in [1.165, 1.54) is 0 Å². The molecule has 1 fully saturated rings. The molecule has 3 heteroatoms. The second kappa shape index (κ2) is 3.01. The third kappa shape index (κ3) is 1.70. The van der Waals surface area contributed by atoms with Crippen molar-refractivity contribution in [3.63, 3.8) is 0 Å². The molecule has 0 saturated carbocycles. The van der Waals surface area contributed by atoms with E-state index in [2.05, 4.69) is 19.2 Å². The third-order valence-corrected chi connectivity index (χ3v) is 1.54. The normalized spacial score (nSPS) is 25.5. The highest BCUT2D eigenvalue weighted by molar-refractivity contribution is 5.77. The van der Waals surface area contributed by atoms with Crippen molar-refractivity contribution in [2.45, 2.75) is 26.3 Å². The van der Waals surface area contributed by atoms with E-state index in [4.69, 9.17) is 4.74 Å². The lowest BCUT2D eigenvalue weighted by Gasteiger charge is -2.07. The monoisotopic (exact) mass is 143 g/mol. The maximum atomic E-state index is 10.8. The van der Waals surface area contributed by atoms with Gasteiger partial charge in [0.25, 0.3) is 0 Å². The van der Waals surface area contributed by atoms with Crippen LogP contribution in [0.15, 0.2) is 0 Å². The van der Waals surface area contributed by atoms with Crippen LogP contribution in [0, 0.1) is 5.92 Å². The van der Waals surface area contributed by atoms with Gasteiger partial charge in [-0.05, 0) is 12.3 Å². The Morgan fingerprint density at radius 3 is 2.90 bits per heavy atom. The number of cyclic esters (lactones) is 1. The van der Waals surface area contributed by atoms with Gasteiger partial charge in [0.1, 0.15) is 12.8 Å². The lowest BCUT2D eigenvalue weighted by Crippen LogP contribution is -2.28. The molecule has 0 aromatic rings. The Kier molecular flexibility index (Phi) is 2.27. The summed E-state index contributed by atoms with van der Waals surface area (Å²) in [6.45, 7) is 4.57. The highest BCUT2D eigenvalue weighted by atomic mass is 16.6. The molecule has 0 aromatic heterocycles. The molecule has 0 radical (unpaired) electrons. The van der Waals surface area contributed by atoms with Crippen LogP contribution in [0.1, 0.15) is 20.3 Å². The minimum absolute atomic E-state index is 0.0556. The molecule has 3 nitrogen and oxygen atoms in total. The lowest BCUT2D eigenvalue weighted by atomic mass is 10.0. The van der Waals surface area contributed by atoms with Crippen LogP contribution >= 0.6 is 0 Å². The molecule has 1 N–H and O–H groups in total. The van der Waals surface area contributed by atoms with Gasteiger partial charge in [-0.25, -0.2) is 0 Å². The Bertz CT molecular complexity index is 134. The number of ether oxygens (including phenoxy) is 1. The Balaban J connectivity index is 2.33. The van der Waals surface area contributed by atoms with Crippen molar-refractivity contribution in [1.29, 1.82) is 0 Å². The average molecular weight is 143 g/mol. The zero-order valence-electron chi connectivity index (χ0n) is 6.39. The van der Waals surface area contributed by atoms with Gasteiger partial charge in [-0.1, -0.05) is 13.8 Å². The first kappa shape index (κ1) is 7.54. The van der Waals surface area contributed by atoms with E-state index in [0.29, 0.717) is 12.6 Å². The Hall–Kier alpha value is -0.570. The molecule has 1 atom stereocenters. The summed E-state index contributed by atoms with van der Waals surface area (Å²) in [4.78, 5) is 10.8. The van der Waals surface area contributed by atoms with Gasteiger partial charge in [0, 0.05) is 0 Å². The van der Waals surface area contributed by atoms with Gasteiger partial charge < -0.3 is 4.74 Å². The van der Waals surface area contributed by atoms with Crippen molar-refractivity contribution in [3.8, 4) is 0 Å². The number of carbonyl (C=O) groups excluding carboxylic acids is 1. The van der Waals surface area contributed by atoms with Gasteiger partial charge >= 0.3 is 5.97 Å². The van der Waals surface area contributed by atoms with Crippen LogP contribution in [0.2, 0.25) is 0 Å². The molecule has 1 unspecified atom stereocenters. The summed E-state index contributed by atoms with van der Waals surface area (Å²) in [5, 5.41) is 2.97. The van der Waals surface area contributed by atoms with Crippen molar-refractivity contribution in [3.05, 3.63) is 0 Å². The van der Waals surface area contributed by atoms with E-state index in [0.717, 1.165) is 6.42 Å². The first-order valence-electron chi connectivity index (χ1n) is 3.60. The fourth-order valence-corrected chi connectivity index (χ4v) is 1.05. The summed E-state index contributed by atoms with van der Waals surface area (Å²) in [7, 11) is 0. The largest absolute Gasteiger partial charge is 0.449 e. The number of hydrogen-bond acceptors (Lipinski definition) is 3. The van der Waals surface area contributed by atoms with Crippen molar-refractivity contribution in [2.24, 2.45) is 5.92 Å². The Labute approximate surface area is 60.7 Å². The molecule has 1 rings (SSSR count). The van der Waals surface area contributed by atoms with Crippen LogP contribution in [-0.4, -0.2) is 18.7 Å². The lowest BCUT2D eigenvalue weighted by molar-refractivity contribution is -0.139. The molecule has 1 aliphatic heterocycles. The number of nitrogens with one attached hydrogen (secondary N) is 1. The Morgan fingerprint density at radius 2 is 2.50 bits per heavy atom. The molecule has 1 heterocycles. The molecule has 0 aliphatic carbocycles. The second-order valence-corrected chi connectivity index (χ2v) is 2.99. The van der Waals surface area contributed by atoms with Crippen LogP contribution < -0.4 is 5.32 Å². The molecule has 0 bridgehead atoms. The maximum Gasteiger partial charge on any atom is 0.324 e. The van der Waals surface area contributed by atoms with Crippen molar-refractivity contribution >= 4 is 5.97 Å². The fraction of sp³-hybridized carbons (Fsp3) is 0.857. The van der Waals surface area contributed by atoms with Gasteiger partial charge in [0.2, 0.25) is 0 Å². The summed E-state index contributed by atoms with van der Waals surface area (Å²) >= 11 is 0. The van der Waals surface area contributed by atoms with Crippen molar-refractivity contribution in [1.82, 2.24) is 5.32 Å². The van der Waals surface area contributed by atoms with E-state index in [-0.39, 0.29) is 12.0 Å². The number of rotatable bonds is 2. The average Bonchev–Trinajstić information content (AvgIpc) is 2.15. The molecular weight excluding hydrogens is 130 g/mol. The van der Waals surface area contributed by atoms with E-state index in [9.17, 15) is 4.79 Å². The van der Waals surface area contributed by atoms with Crippen LogP contribution in [0.25, 0.3) is 0 Å². The van der Waals surface area contributed by atoms with Crippen LogP contribution in [0.5, 0.6) is 0 Å².